The van der Waals surface area contributed by atoms with Crippen molar-refractivity contribution < 1.29 is 9.59 Å². The zero-order chi connectivity index (χ0) is 5.70. The van der Waals surface area contributed by atoms with E-state index < -0.39 is 5.91 Å². The Kier molecular flexibility index (Phi) is 2.64. The second-order valence-corrected chi connectivity index (χ2v) is 0.876. The third kappa shape index (κ3) is 2.73. The lowest BCUT2D eigenvalue weighted by Gasteiger charge is -1.81. The molecule has 3 nitrogen and oxygen atoms in total. The van der Waals surface area contributed by atoms with Crippen LogP contribution < -0.4 is 5.32 Å². The van der Waals surface area contributed by atoms with Crippen LogP contribution in [0.2, 0.25) is 0 Å². The molecule has 0 aromatic heterocycles. The first-order valence-electron chi connectivity index (χ1n) is 1.74. The van der Waals surface area contributed by atoms with Crippen molar-refractivity contribution in [3.63, 3.8) is 0 Å². The smallest absolute Gasteiger partial charge is 0.254 e. The first kappa shape index (κ1) is 5.92. The van der Waals surface area contributed by atoms with E-state index in [0.29, 0.717) is 0 Å². The number of amides is 1. The molecule has 1 amide bonds. The average molecular weight is 99.1 g/mol. The summed E-state index contributed by atoms with van der Waals surface area (Å²) in [5.41, 5.74) is 0. The molecular formula is C4H5NO2. The summed E-state index contributed by atoms with van der Waals surface area (Å²) in [5.74, 6) is 0.910. The van der Waals surface area contributed by atoms with Crippen molar-refractivity contribution in [3.8, 4) is 0 Å². The van der Waals surface area contributed by atoms with Crippen molar-refractivity contribution in [2.75, 3.05) is 7.05 Å². The molecule has 0 aliphatic heterocycles. The summed E-state index contributed by atoms with van der Waals surface area (Å²) in [4.78, 5) is 19.3. The van der Waals surface area contributed by atoms with Gasteiger partial charge in [0.1, 0.15) is 5.94 Å². The van der Waals surface area contributed by atoms with Gasteiger partial charge in [-0.25, -0.2) is 4.79 Å². The predicted octanol–water partition coefficient (Wildman–Crippen LogP) is -0.880. The normalized spacial score (nSPS) is 6.43. The van der Waals surface area contributed by atoms with Gasteiger partial charge in [-0.05, 0) is 0 Å². The highest BCUT2D eigenvalue weighted by Crippen LogP contribution is 1.55. The Morgan fingerprint density at radius 2 is 2.43 bits per heavy atom. The van der Waals surface area contributed by atoms with Crippen LogP contribution in [0.1, 0.15) is 0 Å². The number of rotatable bonds is 1. The molecule has 0 aliphatic rings. The fourth-order valence-corrected chi connectivity index (χ4v) is 0.126. The van der Waals surface area contributed by atoms with E-state index in [1.165, 1.54) is 13.0 Å². The summed E-state index contributed by atoms with van der Waals surface area (Å²) in [6, 6.07) is 0. The van der Waals surface area contributed by atoms with Gasteiger partial charge in [-0.3, -0.25) is 4.79 Å². The molecule has 0 aromatic rings. The molecule has 1 N–H and O–H groups in total. The van der Waals surface area contributed by atoms with Crippen LogP contribution in [0.3, 0.4) is 0 Å². The van der Waals surface area contributed by atoms with Crippen molar-refractivity contribution in [2.24, 2.45) is 0 Å². The Morgan fingerprint density at radius 3 is 2.57 bits per heavy atom. The fourth-order valence-electron chi connectivity index (χ4n) is 0.126. The molecule has 7 heavy (non-hydrogen) atoms. The van der Waals surface area contributed by atoms with Crippen LogP contribution >= 0.6 is 0 Å². The standard InChI is InChI=1S/C4H5NO2/c1-5-4(7)2-3-6/h2H,1H3,(H,5,7). The Labute approximate surface area is 41.0 Å². The molecule has 0 radical (unpaired) electrons. The zero-order valence-electron chi connectivity index (χ0n) is 3.89. The Morgan fingerprint density at radius 1 is 1.86 bits per heavy atom. The fraction of sp³-hybridized carbons (Fsp3) is 0.250. The van der Waals surface area contributed by atoms with Gasteiger partial charge >= 0.3 is 0 Å². The molecule has 0 bridgehead atoms. The first-order chi connectivity index (χ1) is 3.31. The van der Waals surface area contributed by atoms with Crippen LogP contribution in [-0.4, -0.2) is 18.9 Å². The van der Waals surface area contributed by atoms with Crippen LogP contribution in [0.25, 0.3) is 0 Å². The van der Waals surface area contributed by atoms with Crippen LogP contribution in [0.4, 0.5) is 0 Å². The van der Waals surface area contributed by atoms with Crippen molar-refractivity contribution in [3.05, 3.63) is 6.08 Å². The second kappa shape index (κ2) is 3.12. The van der Waals surface area contributed by atoms with Crippen LogP contribution in [-0.2, 0) is 9.59 Å². The van der Waals surface area contributed by atoms with Gasteiger partial charge in [0.15, 0.2) is 0 Å². The lowest BCUT2D eigenvalue weighted by molar-refractivity contribution is -0.115. The molecular weight excluding hydrogens is 94.0 g/mol. The van der Waals surface area contributed by atoms with Gasteiger partial charge in [0.2, 0.25) is 0 Å². The monoisotopic (exact) mass is 99.0 g/mol. The molecule has 0 saturated carbocycles. The molecule has 0 heterocycles. The molecule has 0 aliphatic carbocycles. The molecule has 0 unspecified atom stereocenters. The highest BCUT2D eigenvalue weighted by molar-refractivity contribution is 5.93. The molecule has 0 aromatic carbocycles. The number of carbonyl (C=O) groups is 1. The van der Waals surface area contributed by atoms with Gasteiger partial charge < -0.3 is 5.32 Å². The Hall–Kier alpha value is -1.08. The van der Waals surface area contributed by atoms with Crippen molar-refractivity contribution in [1.82, 2.24) is 5.32 Å². The first-order valence-corrected chi connectivity index (χ1v) is 1.74. The molecule has 0 atom stereocenters. The Bertz CT molecular complexity index is 113. The molecule has 38 valence electrons. The van der Waals surface area contributed by atoms with Gasteiger partial charge in [0, 0.05) is 7.05 Å². The van der Waals surface area contributed by atoms with Gasteiger partial charge in [0.05, 0.1) is 6.08 Å². The van der Waals surface area contributed by atoms with Gasteiger partial charge in [0.25, 0.3) is 5.91 Å². The van der Waals surface area contributed by atoms with E-state index >= 15 is 0 Å². The van der Waals surface area contributed by atoms with E-state index in [1.807, 2.05) is 0 Å². The number of hydrogen-bond acceptors (Lipinski definition) is 2. The van der Waals surface area contributed by atoms with E-state index in [4.69, 9.17) is 0 Å². The van der Waals surface area contributed by atoms with Crippen LogP contribution in [0.5, 0.6) is 0 Å². The minimum Gasteiger partial charge on any atom is -0.355 e. The van der Waals surface area contributed by atoms with E-state index in [-0.39, 0.29) is 0 Å². The lowest BCUT2D eigenvalue weighted by atomic mass is 10.6. The molecule has 3 heteroatoms. The number of hydrogen-bond donors (Lipinski definition) is 1. The SMILES string of the molecule is CNC(=O)C=C=O. The predicted molar refractivity (Wildman–Crippen MR) is 24.3 cm³/mol. The minimum absolute atomic E-state index is 0.421. The van der Waals surface area contributed by atoms with Gasteiger partial charge in [-0.2, -0.15) is 0 Å². The summed E-state index contributed by atoms with van der Waals surface area (Å²) in [5, 5.41) is 2.21. The molecule has 0 rings (SSSR count). The third-order valence-corrected chi connectivity index (χ3v) is 0.436. The second-order valence-electron chi connectivity index (χ2n) is 0.876. The maximum Gasteiger partial charge on any atom is 0.254 e. The Balaban J connectivity index is 3.58. The quantitative estimate of drug-likeness (QED) is 0.343. The van der Waals surface area contributed by atoms with Crippen LogP contribution in [0.15, 0.2) is 6.08 Å². The summed E-state index contributed by atoms with van der Waals surface area (Å²) in [6.07, 6.45) is 0.792. The summed E-state index contributed by atoms with van der Waals surface area (Å²) in [6.45, 7) is 0. The van der Waals surface area contributed by atoms with Gasteiger partial charge in [-0.1, -0.05) is 0 Å². The number of nitrogens with one attached hydrogen (secondary N) is 1. The average Bonchev–Trinajstić information content (AvgIpc) is 1.68. The highest BCUT2D eigenvalue weighted by Gasteiger charge is 1.83. The molecule has 0 saturated heterocycles. The van der Waals surface area contributed by atoms with Crippen molar-refractivity contribution >= 4 is 11.8 Å². The van der Waals surface area contributed by atoms with Crippen LogP contribution in [0, 0.1) is 0 Å². The lowest BCUT2D eigenvalue weighted by Crippen LogP contribution is -2.13. The summed E-state index contributed by atoms with van der Waals surface area (Å²) >= 11 is 0. The van der Waals surface area contributed by atoms with Crippen molar-refractivity contribution in [2.45, 2.75) is 0 Å². The molecule has 0 spiro atoms. The topological polar surface area (TPSA) is 46.2 Å². The number of carbonyl (C=O) groups excluding carboxylic acids is 2. The largest absolute Gasteiger partial charge is 0.355 e. The van der Waals surface area contributed by atoms with E-state index in [2.05, 4.69) is 5.32 Å². The number of likely N-dealkylation sites (N-methyl/N-ethyl adjacent to an activating group) is 1. The summed E-state index contributed by atoms with van der Waals surface area (Å²) < 4.78 is 0. The zero-order valence-corrected chi connectivity index (χ0v) is 3.89. The van der Waals surface area contributed by atoms with E-state index in [9.17, 15) is 9.59 Å². The molecule has 0 fully saturated rings. The van der Waals surface area contributed by atoms with E-state index in [1.54, 1.807) is 0 Å². The van der Waals surface area contributed by atoms with E-state index in [0.717, 1.165) is 6.08 Å². The highest BCUT2D eigenvalue weighted by atomic mass is 16.2. The maximum atomic E-state index is 9.98. The summed E-state index contributed by atoms with van der Waals surface area (Å²) in [7, 11) is 1.44. The maximum absolute atomic E-state index is 9.98. The third-order valence-electron chi connectivity index (χ3n) is 0.436. The van der Waals surface area contributed by atoms with Crippen molar-refractivity contribution in [1.29, 1.82) is 0 Å². The van der Waals surface area contributed by atoms with Gasteiger partial charge in [-0.15, -0.1) is 0 Å². The minimum atomic E-state index is -0.421.